The Balaban J connectivity index is 2.17. The van der Waals surface area contributed by atoms with E-state index in [1.807, 2.05) is 39.0 Å². The third kappa shape index (κ3) is 3.59. The average molecular weight is 273 g/mol. The maximum atomic E-state index is 11.9. The summed E-state index contributed by atoms with van der Waals surface area (Å²) in [6, 6.07) is 5.95. The zero-order chi connectivity index (χ0) is 14.9. The van der Waals surface area contributed by atoms with E-state index in [2.05, 4.69) is 29.1 Å². The molecule has 0 saturated heterocycles. The van der Waals surface area contributed by atoms with E-state index in [1.165, 1.54) is 0 Å². The number of hydrogen-bond acceptors (Lipinski definition) is 2. The molecular weight excluding hydrogens is 250 g/mol. The number of hydrogen-bond donors (Lipinski definition) is 2. The van der Waals surface area contributed by atoms with Gasteiger partial charge in [-0.05, 0) is 38.5 Å². The van der Waals surface area contributed by atoms with Gasteiger partial charge < -0.3 is 10.3 Å². The average Bonchev–Trinajstić information content (AvgIpc) is 2.69. The van der Waals surface area contributed by atoms with Crippen LogP contribution in [0.4, 0.5) is 0 Å². The minimum Gasteiger partial charge on any atom is -0.351 e. The summed E-state index contributed by atoms with van der Waals surface area (Å²) in [5, 5.41) is 2.97. The van der Waals surface area contributed by atoms with Crippen LogP contribution in [0.3, 0.4) is 0 Å². The predicted octanol–water partition coefficient (Wildman–Crippen LogP) is 3.14. The van der Waals surface area contributed by atoms with Crippen LogP contribution in [-0.2, 0) is 11.2 Å². The second-order valence-corrected chi connectivity index (χ2v) is 6.60. The largest absolute Gasteiger partial charge is 0.351 e. The topological polar surface area (TPSA) is 57.8 Å². The third-order valence-corrected chi connectivity index (χ3v) is 2.99. The van der Waals surface area contributed by atoms with Gasteiger partial charge in [-0.1, -0.05) is 19.9 Å². The number of rotatable bonds is 3. The lowest BCUT2D eigenvalue weighted by atomic mass is 10.1. The SMILES string of the molecule is CC(C)c1nc2ccc(CC(=O)NC(C)(C)C)cc2[nH]1. The van der Waals surface area contributed by atoms with Crippen molar-refractivity contribution in [2.24, 2.45) is 0 Å². The van der Waals surface area contributed by atoms with E-state index >= 15 is 0 Å². The van der Waals surface area contributed by atoms with E-state index in [1.54, 1.807) is 0 Å². The van der Waals surface area contributed by atoms with Crippen molar-refractivity contribution in [3.63, 3.8) is 0 Å². The van der Waals surface area contributed by atoms with Gasteiger partial charge in [-0.2, -0.15) is 0 Å². The van der Waals surface area contributed by atoms with Crippen LogP contribution in [-0.4, -0.2) is 21.4 Å². The van der Waals surface area contributed by atoms with Gasteiger partial charge in [0.15, 0.2) is 0 Å². The number of nitrogens with zero attached hydrogens (tertiary/aromatic N) is 1. The van der Waals surface area contributed by atoms with Crippen LogP contribution in [0.1, 0.15) is 51.9 Å². The van der Waals surface area contributed by atoms with E-state index in [0.29, 0.717) is 12.3 Å². The number of aromatic nitrogens is 2. The van der Waals surface area contributed by atoms with Gasteiger partial charge in [-0.3, -0.25) is 4.79 Å². The molecule has 0 spiro atoms. The highest BCUT2D eigenvalue weighted by atomic mass is 16.1. The fraction of sp³-hybridized carbons (Fsp3) is 0.500. The van der Waals surface area contributed by atoms with Gasteiger partial charge in [-0.15, -0.1) is 0 Å². The van der Waals surface area contributed by atoms with Crippen molar-refractivity contribution >= 4 is 16.9 Å². The number of H-pyrrole nitrogens is 1. The Bertz CT molecular complexity index is 620. The first-order chi connectivity index (χ1) is 9.24. The van der Waals surface area contributed by atoms with Crippen LogP contribution < -0.4 is 5.32 Å². The molecule has 1 heterocycles. The molecule has 1 amide bonds. The molecule has 0 bridgehead atoms. The zero-order valence-corrected chi connectivity index (χ0v) is 12.9. The van der Waals surface area contributed by atoms with Gasteiger partial charge in [-0.25, -0.2) is 4.98 Å². The molecule has 0 aliphatic rings. The van der Waals surface area contributed by atoms with Crippen molar-refractivity contribution in [1.82, 2.24) is 15.3 Å². The number of imidazole rings is 1. The number of amides is 1. The molecule has 0 atom stereocenters. The van der Waals surface area contributed by atoms with Crippen molar-refractivity contribution in [1.29, 1.82) is 0 Å². The Kier molecular flexibility index (Phi) is 3.84. The quantitative estimate of drug-likeness (QED) is 0.902. The molecule has 4 nitrogen and oxygen atoms in total. The Labute approximate surface area is 120 Å². The highest BCUT2D eigenvalue weighted by Crippen LogP contribution is 2.18. The second-order valence-electron chi connectivity index (χ2n) is 6.60. The maximum Gasteiger partial charge on any atom is 0.224 e. The minimum absolute atomic E-state index is 0.0421. The number of fused-ring (bicyclic) bond motifs is 1. The highest BCUT2D eigenvalue weighted by molar-refractivity contribution is 5.82. The molecule has 2 N–H and O–H groups in total. The zero-order valence-electron chi connectivity index (χ0n) is 12.9. The Morgan fingerprint density at radius 3 is 2.65 bits per heavy atom. The smallest absolute Gasteiger partial charge is 0.224 e. The second kappa shape index (κ2) is 5.27. The van der Waals surface area contributed by atoms with Crippen molar-refractivity contribution in [3.8, 4) is 0 Å². The lowest BCUT2D eigenvalue weighted by Gasteiger charge is -2.20. The van der Waals surface area contributed by atoms with Gasteiger partial charge in [0.2, 0.25) is 5.91 Å². The maximum absolute atomic E-state index is 11.9. The number of carbonyl (C=O) groups is 1. The van der Waals surface area contributed by atoms with E-state index in [0.717, 1.165) is 22.4 Å². The lowest BCUT2D eigenvalue weighted by molar-refractivity contribution is -0.121. The van der Waals surface area contributed by atoms with Crippen molar-refractivity contribution < 1.29 is 4.79 Å². The van der Waals surface area contributed by atoms with E-state index in [9.17, 15) is 4.79 Å². The monoisotopic (exact) mass is 273 g/mol. The molecule has 20 heavy (non-hydrogen) atoms. The summed E-state index contributed by atoms with van der Waals surface area (Å²) in [4.78, 5) is 19.8. The summed E-state index contributed by atoms with van der Waals surface area (Å²) < 4.78 is 0. The van der Waals surface area contributed by atoms with Crippen LogP contribution >= 0.6 is 0 Å². The number of carbonyl (C=O) groups excluding carboxylic acids is 1. The minimum atomic E-state index is -0.194. The Morgan fingerprint density at radius 2 is 2.05 bits per heavy atom. The van der Waals surface area contributed by atoms with Gasteiger partial charge >= 0.3 is 0 Å². The van der Waals surface area contributed by atoms with Crippen molar-refractivity contribution in [3.05, 3.63) is 29.6 Å². The van der Waals surface area contributed by atoms with E-state index in [4.69, 9.17) is 0 Å². The summed E-state index contributed by atoms with van der Waals surface area (Å²) in [7, 11) is 0. The summed E-state index contributed by atoms with van der Waals surface area (Å²) in [6.45, 7) is 10.2. The number of benzene rings is 1. The van der Waals surface area contributed by atoms with E-state index < -0.39 is 0 Å². The third-order valence-electron chi connectivity index (χ3n) is 2.99. The molecule has 1 aromatic heterocycles. The first-order valence-corrected chi connectivity index (χ1v) is 7.04. The Morgan fingerprint density at radius 1 is 1.35 bits per heavy atom. The van der Waals surface area contributed by atoms with Crippen LogP contribution in [0.5, 0.6) is 0 Å². The molecule has 1 aromatic carbocycles. The first kappa shape index (κ1) is 14.6. The van der Waals surface area contributed by atoms with Crippen LogP contribution in [0, 0.1) is 0 Å². The van der Waals surface area contributed by atoms with Crippen LogP contribution in [0.15, 0.2) is 18.2 Å². The molecule has 0 radical (unpaired) electrons. The highest BCUT2D eigenvalue weighted by Gasteiger charge is 2.14. The molecule has 0 aliphatic carbocycles. The van der Waals surface area contributed by atoms with Gasteiger partial charge in [0.1, 0.15) is 5.82 Å². The van der Waals surface area contributed by atoms with E-state index in [-0.39, 0.29) is 11.4 Å². The molecule has 4 heteroatoms. The van der Waals surface area contributed by atoms with Gasteiger partial charge in [0.25, 0.3) is 0 Å². The normalized spacial score (nSPS) is 12.1. The fourth-order valence-electron chi connectivity index (χ4n) is 2.11. The van der Waals surface area contributed by atoms with Gasteiger partial charge in [0.05, 0.1) is 17.5 Å². The molecule has 2 aromatic rings. The molecule has 0 saturated carbocycles. The molecular formula is C16H23N3O. The lowest BCUT2D eigenvalue weighted by Crippen LogP contribution is -2.41. The van der Waals surface area contributed by atoms with Crippen LogP contribution in [0.25, 0.3) is 11.0 Å². The molecule has 0 unspecified atom stereocenters. The van der Waals surface area contributed by atoms with Crippen molar-refractivity contribution in [2.45, 2.75) is 52.5 Å². The van der Waals surface area contributed by atoms with Gasteiger partial charge in [0, 0.05) is 11.5 Å². The van der Waals surface area contributed by atoms with Crippen LogP contribution in [0.2, 0.25) is 0 Å². The summed E-state index contributed by atoms with van der Waals surface area (Å²) in [5.74, 6) is 1.40. The molecule has 2 rings (SSSR count). The number of nitrogens with one attached hydrogen (secondary N) is 2. The summed E-state index contributed by atoms with van der Waals surface area (Å²) in [5.41, 5.74) is 2.75. The molecule has 0 fully saturated rings. The molecule has 108 valence electrons. The van der Waals surface area contributed by atoms with Crippen molar-refractivity contribution in [2.75, 3.05) is 0 Å². The molecule has 0 aliphatic heterocycles. The standard InChI is InChI=1S/C16H23N3O/c1-10(2)15-17-12-7-6-11(8-13(12)18-15)9-14(20)19-16(3,4)5/h6-8,10H,9H2,1-5H3,(H,17,18)(H,19,20). The Hall–Kier alpha value is -1.84. The first-order valence-electron chi connectivity index (χ1n) is 7.04. The summed E-state index contributed by atoms with van der Waals surface area (Å²) >= 11 is 0. The summed E-state index contributed by atoms with van der Waals surface area (Å²) in [6.07, 6.45) is 0.392. The fourth-order valence-corrected chi connectivity index (χ4v) is 2.11. The number of aromatic amines is 1. The predicted molar refractivity (Wildman–Crippen MR) is 81.8 cm³/mol.